The predicted octanol–water partition coefficient (Wildman–Crippen LogP) is 3.52. The number of aromatic amines is 1. The summed E-state index contributed by atoms with van der Waals surface area (Å²) in [6.45, 7) is 4.06. The van der Waals surface area contributed by atoms with Gasteiger partial charge in [0.25, 0.3) is 0 Å². The Morgan fingerprint density at radius 2 is 2.00 bits per heavy atom. The van der Waals surface area contributed by atoms with Crippen molar-refractivity contribution in [3.8, 4) is 34.7 Å². The highest BCUT2D eigenvalue weighted by atomic mass is 16.6. The van der Waals surface area contributed by atoms with E-state index in [0.717, 1.165) is 11.3 Å². The van der Waals surface area contributed by atoms with E-state index in [-0.39, 0.29) is 17.2 Å². The third-order valence-electron chi connectivity index (χ3n) is 6.07. The highest BCUT2D eigenvalue weighted by molar-refractivity contribution is 5.73. The van der Waals surface area contributed by atoms with Gasteiger partial charge in [0.1, 0.15) is 11.6 Å². The van der Waals surface area contributed by atoms with Crippen molar-refractivity contribution < 1.29 is 23.7 Å². The van der Waals surface area contributed by atoms with Crippen LogP contribution in [0.25, 0.3) is 11.3 Å². The van der Waals surface area contributed by atoms with Crippen LogP contribution < -0.4 is 19.9 Å². The van der Waals surface area contributed by atoms with Gasteiger partial charge in [-0.15, -0.1) is 5.10 Å². The Morgan fingerprint density at radius 3 is 2.72 bits per heavy atom. The van der Waals surface area contributed by atoms with Crippen molar-refractivity contribution in [2.45, 2.75) is 12.8 Å². The average molecular weight is 488 g/mol. The number of rotatable bonds is 5. The number of ether oxygens (including phenoxy) is 4. The zero-order chi connectivity index (χ0) is 25.1. The molecule has 0 radical (unpaired) electrons. The number of H-pyrrole nitrogens is 1. The van der Waals surface area contributed by atoms with E-state index in [9.17, 15) is 10.1 Å². The van der Waals surface area contributed by atoms with Gasteiger partial charge in [-0.3, -0.25) is 5.10 Å². The van der Waals surface area contributed by atoms with E-state index in [0.29, 0.717) is 55.7 Å². The lowest BCUT2D eigenvalue weighted by Gasteiger charge is -2.27. The lowest BCUT2D eigenvalue weighted by Crippen LogP contribution is -2.42. The first-order chi connectivity index (χ1) is 17.6. The van der Waals surface area contributed by atoms with Crippen LogP contribution in [-0.2, 0) is 4.74 Å². The van der Waals surface area contributed by atoms with Gasteiger partial charge in [-0.05, 0) is 30.2 Å². The largest absolute Gasteiger partial charge is 0.490 e. The average Bonchev–Trinajstić information content (AvgIpc) is 3.33. The van der Waals surface area contributed by atoms with Gasteiger partial charge >= 0.3 is 6.09 Å². The molecule has 0 spiro atoms. The van der Waals surface area contributed by atoms with Gasteiger partial charge in [-0.2, -0.15) is 5.26 Å². The molecule has 3 N–H and O–H groups in total. The molecule has 2 aliphatic rings. The number of fused-ring (bicyclic) bond motifs is 1. The fourth-order valence-electron chi connectivity index (χ4n) is 4.36. The fourth-order valence-corrected chi connectivity index (χ4v) is 4.36. The first-order valence-electron chi connectivity index (χ1n) is 11.6. The van der Waals surface area contributed by atoms with Gasteiger partial charge in [0.15, 0.2) is 11.5 Å². The Balaban J connectivity index is 1.56. The van der Waals surface area contributed by atoms with E-state index in [2.05, 4.69) is 16.3 Å². The van der Waals surface area contributed by atoms with Gasteiger partial charge in [-0.1, -0.05) is 36.4 Å². The smallest absolute Gasteiger partial charge is 0.415 e. The minimum Gasteiger partial charge on any atom is -0.490 e. The quantitative estimate of drug-likeness (QED) is 0.558. The molecule has 1 atom stereocenters. The van der Waals surface area contributed by atoms with Gasteiger partial charge in [0, 0.05) is 13.1 Å². The van der Waals surface area contributed by atoms with Crippen LogP contribution >= 0.6 is 0 Å². The number of morpholine rings is 1. The summed E-state index contributed by atoms with van der Waals surface area (Å²) in [7, 11) is 0. The van der Waals surface area contributed by atoms with Crippen molar-refractivity contribution >= 4 is 6.09 Å². The Morgan fingerprint density at radius 1 is 1.22 bits per heavy atom. The summed E-state index contributed by atoms with van der Waals surface area (Å²) in [4.78, 5) is 14.3. The fraction of sp³-hybridized carbons (Fsp3) is 0.269. The maximum absolute atomic E-state index is 12.7. The molecule has 10 nitrogen and oxygen atoms in total. The second kappa shape index (κ2) is 10.0. The number of aromatic nitrogens is 2. The Kier molecular flexibility index (Phi) is 6.47. The standard InChI is InChI=1S/C26H25N5O5/c1-2-34-20-14-17(8-9-19(20)35-26(32)31-10-12-33-13-11-31)21-18(15-27)24(28)36-25-22(21)23(29-30-25)16-6-4-3-5-7-16/h3-9,14,21H,2,10-13,28H2,1H3,(H,29,30)/t21-/m1/s1. The maximum atomic E-state index is 12.7. The predicted molar refractivity (Wildman–Crippen MR) is 129 cm³/mol. The summed E-state index contributed by atoms with van der Waals surface area (Å²) in [6.07, 6.45) is -0.469. The highest BCUT2D eigenvalue weighted by Gasteiger charge is 2.36. The summed E-state index contributed by atoms with van der Waals surface area (Å²) in [5, 5.41) is 17.3. The minimum absolute atomic E-state index is 0.0121. The molecule has 36 heavy (non-hydrogen) atoms. The second-order valence-corrected chi connectivity index (χ2v) is 8.21. The normalized spacial score (nSPS) is 17.1. The van der Waals surface area contributed by atoms with Crippen LogP contribution in [0.1, 0.15) is 24.0 Å². The molecule has 0 aliphatic carbocycles. The number of allylic oxidation sites excluding steroid dienone is 1. The molecule has 1 fully saturated rings. The summed E-state index contributed by atoms with van der Waals surface area (Å²) in [5.74, 6) is 0.384. The molecule has 1 amide bonds. The van der Waals surface area contributed by atoms with Crippen LogP contribution in [0.5, 0.6) is 17.4 Å². The lowest BCUT2D eigenvalue weighted by molar-refractivity contribution is 0.0413. The number of carbonyl (C=O) groups excluding carboxylic acids is 1. The summed E-state index contributed by atoms with van der Waals surface area (Å²) in [6, 6.07) is 17.1. The van der Waals surface area contributed by atoms with Crippen LogP contribution in [0.3, 0.4) is 0 Å². The van der Waals surface area contributed by atoms with E-state index in [1.165, 1.54) is 0 Å². The van der Waals surface area contributed by atoms with Gasteiger partial charge in [-0.25, -0.2) is 4.79 Å². The van der Waals surface area contributed by atoms with Crippen LogP contribution in [0.4, 0.5) is 4.79 Å². The van der Waals surface area contributed by atoms with E-state index < -0.39 is 12.0 Å². The number of hydrogen-bond acceptors (Lipinski definition) is 8. The number of amides is 1. The number of hydrogen-bond donors (Lipinski definition) is 2. The SMILES string of the molecule is CCOc1cc([C@@H]2C(C#N)=C(N)Oc3n[nH]c(-c4ccccc4)c32)ccc1OC(=O)N1CCOCC1. The van der Waals surface area contributed by atoms with Crippen molar-refractivity contribution in [3.05, 3.63) is 71.1 Å². The van der Waals surface area contributed by atoms with Crippen LogP contribution in [0.15, 0.2) is 60.0 Å². The molecule has 184 valence electrons. The molecule has 1 aromatic heterocycles. The first kappa shape index (κ1) is 23.3. The molecule has 3 aromatic rings. The molecule has 0 bridgehead atoms. The van der Waals surface area contributed by atoms with Crippen molar-refractivity contribution in [1.29, 1.82) is 5.26 Å². The molecule has 1 saturated heterocycles. The number of nitriles is 1. The molecular weight excluding hydrogens is 462 g/mol. The van der Waals surface area contributed by atoms with Gasteiger partial charge in [0.2, 0.25) is 11.8 Å². The first-order valence-corrected chi connectivity index (χ1v) is 11.6. The zero-order valence-corrected chi connectivity index (χ0v) is 19.7. The highest BCUT2D eigenvalue weighted by Crippen LogP contribution is 2.47. The Bertz CT molecular complexity index is 1340. The zero-order valence-electron chi connectivity index (χ0n) is 19.7. The Hall–Kier alpha value is -4.49. The van der Waals surface area contributed by atoms with Crippen molar-refractivity contribution in [2.24, 2.45) is 5.73 Å². The van der Waals surface area contributed by atoms with E-state index in [1.807, 2.05) is 37.3 Å². The Labute approximate surface area is 207 Å². The van der Waals surface area contributed by atoms with Crippen LogP contribution in [-0.4, -0.2) is 54.1 Å². The molecule has 5 rings (SSSR count). The molecule has 0 unspecified atom stereocenters. The van der Waals surface area contributed by atoms with E-state index in [4.69, 9.17) is 24.7 Å². The number of carbonyl (C=O) groups is 1. The third kappa shape index (κ3) is 4.32. The maximum Gasteiger partial charge on any atom is 0.415 e. The number of nitrogens with zero attached hydrogens (tertiary/aromatic N) is 3. The topological polar surface area (TPSA) is 136 Å². The molecule has 10 heteroatoms. The third-order valence-corrected chi connectivity index (χ3v) is 6.07. The van der Waals surface area contributed by atoms with Crippen molar-refractivity contribution in [1.82, 2.24) is 15.1 Å². The number of nitrogens with one attached hydrogen (secondary N) is 1. The molecule has 2 aromatic carbocycles. The van der Waals surface area contributed by atoms with E-state index in [1.54, 1.807) is 23.1 Å². The molecular formula is C26H25N5O5. The summed E-state index contributed by atoms with van der Waals surface area (Å²) in [5.41, 5.74) is 9.38. The van der Waals surface area contributed by atoms with Crippen molar-refractivity contribution in [3.63, 3.8) is 0 Å². The van der Waals surface area contributed by atoms with E-state index >= 15 is 0 Å². The molecule has 2 aliphatic heterocycles. The van der Waals surface area contributed by atoms with Crippen molar-refractivity contribution in [2.75, 3.05) is 32.9 Å². The molecule has 3 heterocycles. The summed E-state index contributed by atoms with van der Waals surface area (Å²) < 4.78 is 22.5. The second-order valence-electron chi connectivity index (χ2n) is 8.21. The van der Waals surface area contributed by atoms with Gasteiger partial charge < -0.3 is 29.6 Å². The summed E-state index contributed by atoms with van der Waals surface area (Å²) >= 11 is 0. The van der Waals surface area contributed by atoms with Gasteiger partial charge in [0.05, 0.1) is 37.0 Å². The monoisotopic (exact) mass is 487 g/mol. The van der Waals surface area contributed by atoms with Crippen LogP contribution in [0.2, 0.25) is 0 Å². The lowest BCUT2D eigenvalue weighted by atomic mass is 9.83. The molecule has 0 saturated carbocycles. The number of benzene rings is 2. The van der Waals surface area contributed by atoms with Crippen LogP contribution in [0, 0.1) is 11.3 Å². The number of nitrogens with two attached hydrogens (primary N) is 1. The minimum atomic E-state index is -0.573.